The Morgan fingerprint density at radius 2 is 2.36 bits per heavy atom. The van der Waals surface area contributed by atoms with Crippen LogP contribution in [0.25, 0.3) is 6.08 Å². The van der Waals surface area contributed by atoms with Gasteiger partial charge in [0.25, 0.3) is 5.91 Å². The van der Waals surface area contributed by atoms with Gasteiger partial charge in [-0.25, -0.2) is 0 Å². The Morgan fingerprint density at radius 1 is 1.50 bits per heavy atom. The monoisotopic (exact) mass is 302 g/mol. The number of ether oxygens (including phenoxy) is 2. The molecule has 0 bridgehead atoms. The first-order valence-electron chi connectivity index (χ1n) is 7.70. The molecule has 1 atom stereocenters. The maximum Gasteiger partial charge on any atom is 0.253 e. The molecule has 0 unspecified atom stereocenters. The number of hydrogen-bond donors (Lipinski definition) is 1. The summed E-state index contributed by atoms with van der Waals surface area (Å²) in [5.74, 6) is 1.65. The molecule has 0 saturated carbocycles. The van der Waals surface area contributed by atoms with Gasteiger partial charge in [0.2, 0.25) is 0 Å². The van der Waals surface area contributed by atoms with Crippen LogP contribution >= 0.6 is 0 Å². The van der Waals surface area contributed by atoms with Gasteiger partial charge in [0.05, 0.1) is 12.7 Å². The van der Waals surface area contributed by atoms with E-state index in [0.29, 0.717) is 12.2 Å². The van der Waals surface area contributed by atoms with Crippen LogP contribution in [0.5, 0.6) is 11.5 Å². The number of carbonyl (C=O) groups excluding carboxylic acids is 1. The molecule has 118 valence electrons. The van der Waals surface area contributed by atoms with Crippen molar-refractivity contribution in [2.45, 2.75) is 18.9 Å². The van der Waals surface area contributed by atoms with Crippen molar-refractivity contribution in [3.63, 3.8) is 0 Å². The average Bonchev–Trinajstić information content (AvgIpc) is 3.01. The van der Waals surface area contributed by atoms with E-state index in [2.05, 4.69) is 5.32 Å². The Hall–Kier alpha value is -2.01. The maximum absolute atomic E-state index is 12.8. The van der Waals surface area contributed by atoms with Crippen LogP contribution in [0.4, 0.5) is 0 Å². The molecular weight excluding hydrogens is 280 g/mol. The molecule has 0 spiro atoms. The number of methoxy groups -OCH3 is 1. The standard InChI is InChI=1S/C17H22N2O3/c1-18-10-14-4-3-7-19(14)17(20)13-8-12-9-15(21-2)5-6-16(12)22-11-13/h5-6,8-9,14,18H,3-4,7,10-11H2,1-2H3/t14-/m1/s1. The number of benzene rings is 1. The van der Waals surface area contributed by atoms with Crippen molar-refractivity contribution in [3.8, 4) is 11.5 Å². The van der Waals surface area contributed by atoms with Gasteiger partial charge in [-0.3, -0.25) is 4.79 Å². The lowest BCUT2D eigenvalue weighted by atomic mass is 10.1. The van der Waals surface area contributed by atoms with E-state index in [-0.39, 0.29) is 11.9 Å². The molecule has 2 aliphatic heterocycles. The zero-order valence-corrected chi connectivity index (χ0v) is 13.1. The first-order chi connectivity index (χ1) is 10.7. The second kappa shape index (κ2) is 6.40. The Bertz CT molecular complexity index is 598. The fourth-order valence-electron chi connectivity index (χ4n) is 3.14. The van der Waals surface area contributed by atoms with Crippen LogP contribution in [-0.2, 0) is 4.79 Å². The first-order valence-corrected chi connectivity index (χ1v) is 7.70. The highest BCUT2D eigenvalue weighted by Gasteiger charge is 2.31. The van der Waals surface area contributed by atoms with Crippen molar-refractivity contribution in [3.05, 3.63) is 29.3 Å². The van der Waals surface area contributed by atoms with E-state index in [0.717, 1.165) is 43.0 Å². The molecule has 5 heteroatoms. The predicted molar refractivity (Wildman–Crippen MR) is 85.1 cm³/mol. The SMILES string of the molecule is CNC[C@H]1CCCN1C(=O)C1=Cc2cc(OC)ccc2OC1. The fourth-order valence-corrected chi connectivity index (χ4v) is 3.14. The number of likely N-dealkylation sites (tertiary alicyclic amines) is 1. The topological polar surface area (TPSA) is 50.8 Å². The molecule has 1 amide bonds. The molecule has 0 radical (unpaired) electrons. The molecule has 0 aromatic heterocycles. The number of rotatable bonds is 4. The van der Waals surface area contributed by atoms with E-state index in [4.69, 9.17) is 9.47 Å². The van der Waals surface area contributed by atoms with Crippen LogP contribution in [0, 0.1) is 0 Å². The van der Waals surface area contributed by atoms with Crippen LogP contribution < -0.4 is 14.8 Å². The van der Waals surface area contributed by atoms with Crippen molar-refractivity contribution in [1.29, 1.82) is 0 Å². The van der Waals surface area contributed by atoms with Gasteiger partial charge in [-0.1, -0.05) is 0 Å². The molecule has 1 fully saturated rings. The van der Waals surface area contributed by atoms with Gasteiger partial charge >= 0.3 is 0 Å². The van der Waals surface area contributed by atoms with Crippen molar-refractivity contribution < 1.29 is 14.3 Å². The highest BCUT2D eigenvalue weighted by atomic mass is 16.5. The highest BCUT2D eigenvalue weighted by Crippen LogP contribution is 2.31. The van der Waals surface area contributed by atoms with Gasteiger partial charge in [-0.2, -0.15) is 0 Å². The lowest BCUT2D eigenvalue weighted by Crippen LogP contribution is -2.42. The summed E-state index contributed by atoms with van der Waals surface area (Å²) in [6.45, 7) is 2.00. The molecule has 5 nitrogen and oxygen atoms in total. The van der Waals surface area contributed by atoms with Crippen molar-refractivity contribution >= 4 is 12.0 Å². The van der Waals surface area contributed by atoms with Crippen LogP contribution in [0.15, 0.2) is 23.8 Å². The molecule has 0 aliphatic carbocycles. The van der Waals surface area contributed by atoms with Crippen LogP contribution in [-0.4, -0.2) is 50.7 Å². The minimum atomic E-state index is 0.0891. The first kappa shape index (κ1) is 14.9. The molecule has 22 heavy (non-hydrogen) atoms. The number of nitrogens with one attached hydrogen (secondary N) is 1. The van der Waals surface area contributed by atoms with Crippen LogP contribution in [0.2, 0.25) is 0 Å². The maximum atomic E-state index is 12.8. The van der Waals surface area contributed by atoms with E-state index in [1.165, 1.54) is 0 Å². The van der Waals surface area contributed by atoms with Gasteiger partial charge in [0.1, 0.15) is 18.1 Å². The Balaban J connectivity index is 1.82. The molecular formula is C17H22N2O3. The zero-order valence-electron chi connectivity index (χ0n) is 13.1. The van der Waals surface area contributed by atoms with E-state index < -0.39 is 0 Å². The van der Waals surface area contributed by atoms with Gasteiger partial charge < -0.3 is 19.7 Å². The summed E-state index contributed by atoms with van der Waals surface area (Å²) >= 11 is 0. The summed E-state index contributed by atoms with van der Waals surface area (Å²) in [5, 5.41) is 3.17. The minimum Gasteiger partial charge on any atom is -0.497 e. The fraction of sp³-hybridized carbons (Fsp3) is 0.471. The van der Waals surface area contributed by atoms with Gasteiger partial charge in [-0.15, -0.1) is 0 Å². The summed E-state index contributed by atoms with van der Waals surface area (Å²) in [6, 6.07) is 5.93. The Labute approximate surface area is 130 Å². The Kier molecular flexibility index (Phi) is 4.34. The zero-order chi connectivity index (χ0) is 15.5. The lowest BCUT2D eigenvalue weighted by molar-refractivity contribution is -0.128. The van der Waals surface area contributed by atoms with Gasteiger partial charge in [0.15, 0.2) is 0 Å². The molecule has 1 saturated heterocycles. The quantitative estimate of drug-likeness (QED) is 0.919. The van der Waals surface area contributed by atoms with Crippen molar-refractivity contribution in [2.75, 3.05) is 33.9 Å². The van der Waals surface area contributed by atoms with E-state index >= 15 is 0 Å². The van der Waals surface area contributed by atoms with Gasteiger partial charge in [0, 0.05) is 24.7 Å². The van der Waals surface area contributed by atoms with Crippen molar-refractivity contribution in [2.24, 2.45) is 0 Å². The van der Waals surface area contributed by atoms with Crippen molar-refractivity contribution in [1.82, 2.24) is 10.2 Å². The molecule has 1 aromatic rings. The second-order valence-electron chi connectivity index (χ2n) is 5.71. The smallest absolute Gasteiger partial charge is 0.253 e. The van der Waals surface area contributed by atoms with Crippen LogP contribution in [0.3, 0.4) is 0 Å². The third-order valence-corrected chi connectivity index (χ3v) is 4.28. The second-order valence-corrected chi connectivity index (χ2v) is 5.71. The number of fused-ring (bicyclic) bond motifs is 1. The summed E-state index contributed by atoms with van der Waals surface area (Å²) in [6.07, 6.45) is 4.06. The minimum absolute atomic E-state index is 0.0891. The number of nitrogens with zero attached hydrogens (tertiary/aromatic N) is 1. The summed E-state index contributed by atoms with van der Waals surface area (Å²) < 4.78 is 11.0. The molecule has 3 rings (SSSR count). The number of carbonyl (C=O) groups is 1. The Morgan fingerprint density at radius 3 is 3.14 bits per heavy atom. The molecule has 1 N–H and O–H groups in total. The van der Waals surface area contributed by atoms with Crippen LogP contribution in [0.1, 0.15) is 18.4 Å². The molecule has 1 aromatic carbocycles. The van der Waals surface area contributed by atoms with E-state index in [1.54, 1.807) is 7.11 Å². The normalized spacial score (nSPS) is 20.2. The largest absolute Gasteiger partial charge is 0.497 e. The third-order valence-electron chi connectivity index (χ3n) is 4.28. The van der Waals surface area contributed by atoms with E-state index in [1.807, 2.05) is 36.2 Å². The number of hydrogen-bond acceptors (Lipinski definition) is 4. The van der Waals surface area contributed by atoms with Gasteiger partial charge in [-0.05, 0) is 44.2 Å². The number of amides is 1. The predicted octanol–water partition coefficient (Wildman–Crippen LogP) is 1.68. The molecule has 2 aliphatic rings. The summed E-state index contributed by atoms with van der Waals surface area (Å²) in [4.78, 5) is 14.7. The third kappa shape index (κ3) is 2.81. The summed E-state index contributed by atoms with van der Waals surface area (Å²) in [5.41, 5.74) is 1.61. The highest BCUT2D eigenvalue weighted by molar-refractivity contribution is 5.99. The molecule has 2 heterocycles. The summed E-state index contributed by atoms with van der Waals surface area (Å²) in [7, 11) is 3.56. The average molecular weight is 302 g/mol. The lowest BCUT2D eigenvalue weighted by Gasteiger charge is -2.27. The van der Waals surface area contributed by atoms with E-state index in [9.17, 15) is 4.79 Å². The number of likely N-dealkylation sites (N-methyl/N-ethyl adjacent to an activating group) is 1.